The third kappa shape index (κ3) is 24.6. The normalized spacial score (nSPS) is 10.3. The molecule has 0 fully saturated rings. The number of rotatable bonds is 5. The lowest BCUT2D eigenvalue weighted by Gasteiger charge is -1.90. The fourth-order valence-electron chi connectivity index (χ4n) is 0.732. The van der Waals surface area contributed by atoms with Gasteiger partial charge in [-0.05, 0) is 0 Å². The van der Waals surface area contributed by atoms with Gasteiger partial charge in [-0.1, -0.05) is 46.0 Å². The van der Waals surface area contributed by atoms with Crippen LogP contribution in [0, 0.1) is 0 Å². The van der Waals surface area contributed by atoms with Crippen LogP contribution in [0.1, 0.15) is 46.0 Å². The smallest absolute Gasteiger partial charge is 0.216 e. The largest absolute Gasteiger partial charge is 0.259 e. The second kappa shape index (κ2) is 14.1. The molecule has 0 amide bonds. The van der Waals surface area contributed by atoms with E-state index in [1.165, 1.54) is 32.1 Å². The first kappa shape index (κ1) is 15.0. The summed E-state index contributed by atoms with van der Waals surface area (Å²) in [4.78, 5) is 0. The van der Waals surface area contributed by atoms with Gasteiger partial charge in [-0.15, -0.1) is 0 Å². The van der Waals surface area contributed by atoms with Crippen LogP contribution in [0.15, 0.2) is 12.4 Å². The van der Waals surface area contributed by atoms with E-state index < -0.39 is 6.43 Å². The third-order valence-electron chi connectivity index (χ3n) is 1.43. The molecule has 0 radical (unpaired) electrons. The van der Waals surface area contributed by atoms with E-state index >= 15 is 0 Å². The molecule has 0 aliphatic heterocycles. The molecule has 0 aliphatic rings. The first-order chi connectivity index (χ1) is 6.18. The highest BCUT2D eigenvalue weighted by Gasteiger charge is 1.89. The van der Waals surface area contributed by atoms with Crippen LogP contribution in [0.25, 0.3) is 0 Å². The predicted molar refractivity (Wildman–Crippen MR) is 50.7 cm³/mol. The van der Waals surface area contributed by atoms with E-state index in [0.717, 1.165) is 0 Å². The van der Waals surface area contributed by atoms with Crippen molar-refractivity contribution in [2.24, 2.45) is 0 Å². The molecule has 0 rings (SSSR count). The SMILES string of the molecule is CCCCCCC.FC=CC(F)F. The van der Waals surface area contributed by atoms with Crippen LogP contribution in [-0.4, -0.2) is 6.43 Å². The van der Waals surface area contributed by atoms with Crippen molar-refractivity contribution in [3.8, 4) is 0 Å². The summed E-state index contributed by atoms with van der Waals surface area (Å²) < 4.78 is 32.0. The number of allylic oxidation sites excluding steroid dienone is 1. The Balaban J connectivity index is 0. The molecule has 13 heavy (non-hydrogen) atoms. The van der Waals surface area contributed by atoms with Gasteiger partial charge < -0.3 is 0 Å². The van der Waals surface area contributed by atoms with Gasteiger partial charge in [0.15, 0.2) is 0 Å². The van der Waals surface area contributed by atoms with Crippen molar-refractivity contribution in [3.63, 3.8) is 0 Å². The van der Waals surface area contributed by atoms with Crippen LogP contribution in [0.3, 0.4) is 0 Å². The summed E-state index contributed by atoms with van der Waals surface area (Å²) in [5, 5.41) is 0. The van der Waals surface area contributed by atoms with Gasteiger partial charge >= 0.3 is 0 Å². The summed E-state index contributed by atoms with van der Waals surface area (Å²) in [7, 11) is 0. The van der Waals surface area contributed by atoms with E-state index in [0.29, 0.717) is 0 Å². The Bertz CT molecular complexity index is 96.3. The van der Waals surface area contributed by atoms with Gasteiger partial charge in [-0.2, -0.15) is 0 Å². The maximum atomic E-state index is 10.7. The molecule has 80 valence electrons. The van der Waals surface area contributed by atoms with Crippen LogP contribution in [0.5, 0.6) is 0 Å². The molecule has 0 heterocycles. The molecule has 0 N–H and O–H groups in total. The van der Waals surface area contributed by atoms with Crippen LogP contribution in [0.4, 0.5) is 13.2 Å². The molecule has 0 aromatic carbocycles. The average Bonchev–Trinajstić information content (AvgIpc) is 2.06. The van der Waals surface area contributed by atoms with Crippen LogP contribution < -0.4 is 0 Å². The zero-order valence-corrected chi connectivity index (χ0v) is 8.40. The summed E-state index contributed by atoms with van der Waals surface area (Å²) >= 11 is 0. The van der Waals surface area contributed by atoms with Gasteiger partial charge in [0.25, 0.3) is 6.43 Å². The summed E-state index contributed by atoms with van der Waals surface area (Å²) in [6, 6.07) is 0. The van der Waals surface area contributed by atoms with Crippen molar-refractivity contribution in [1.82, 2.24) is 0 Å². The summed E-state index contributed by atoms with van der Waals surface area (Å²) in [6.07, 6.45) is 4.34. The molecule has 0 aliphatic carbocycles. The van der Waals surface area contributed by atoms with Crippen molar-refractivity contribution < 1.29 is 13.2 Å². The lowest BCUT2D eigenvalue weighted by molar-refractivity contribution is 0.202. The van der Waals surface area contributed by atoms with Crippen molar-refractivity contribution in [2.45, 2.75) is 52.4 Å². The number of hydrogen-bond donors (Lipinski definition) is 0. The molecular formula is C10H19F3. The molecular weight excluding hydrogens is 177 g/mol. The number of hydrogen-bond acceptors (Lipinski definition) is 0. The maximum absolute atomic E-state index is 10.7. The van der Waals surface area contributed by atoms with Crippen molar-refractivity contribution in [2.75, 3.05) is 0 Å². The highest BCUT2D eigenvalue weighted by atomic mass is 19.3. The molecule has 0 atom stereocenters. The Labute approximate surface area is 78.8 Å². The Hall–Kier alpha value is -0.470. The van der Waals surface area contributed by atoms with Crippen LogP contribution >= 0.6 is 0 Å². The second-order valence-corrected chi connectivity index (χ2v) is 2.71. The number of halogens is 3. The van der Waals surface area contributed by atoms with E-state index in [2.05, 4.69) is 13.8 Å². The van der Waals surface area contributed by atoms with E-state index in [1.807, 2.05) is 0 Å². The minimum Gasteiger partial charge on any atom is -0.216 e. The highest BCUT2D eigenvalue weighted by molar-refractivity contribution is 4.73. The number of unbranched alkanes of at least 4 members (excludes halogenated alkanes) is 4. The fourth-order valence-corrected chi connectivity index (χ4v) is 0.732. The monoisotopic (exact) mass is 196 g/mol. The minimum atomic E-state index is -2.66. The number of alkyl halides is 2. The minimum absolute atomic E-state index is 0.167. The average molecular weight is 196 g/mol. The molecule has 0 spiro atoms. The van der Waals surface area contributed by atoms with Gasteiger partial charge in [0.1, 0.15) is 0 Å². The van der Waals surface area contributed by atoms with Gasteiger partial charge in [0.2, 0.25) is 0 Å². The van der Waals surface area contributed by atoms with Crippen molar-refractivity contribution in [3.05, 3.63) is 12.4 Å². The zero-order chi connectivity index (χ0) is 10.5. The standard InChI is InChI=1S/C7H16.C3H3F3/c1-3-5-7-6-4-2;4-2-1-3(5)6/h3-7H2,1-2H3;1-3H. The Morgan fingerprint density at radius 3 is 1.62 bits per heavy atom. The predicted octanol–water partition coefficient (Wildman–Crippen LogP) is 4.71. The van der Waals surface area contributed by atoms with E-state index in [4.69, 9.17) is 0 Å². The summed E-state index contributed by atoms with van der Waals surface area (Å²) in [5.74, 6) is 0. The van der Waals surface area contributed by atoms with E-state index in [1.54, 1.807) is 0 Å². The molecule has 0 bridgehead atoms. The Kier molecular flexibility index (Phi) is 16.3. The lowest BCUT2D eigenvalue weighted by atomic mass is 10.2. The maximum Gasteiger partial charge on any atom is 0.259 e. The summed E-state index contributed by atoms with van der Waals surface area (Å²) in [6.45, 7) is 4.49. The molecule has 0 saturated heterocycles. The van der Waals surface area contributed by atoms with Crippen molar-refractivity contribution in [1.29, 1.82) is 0 Å². The topological polar surface area (TPSA) is 0 Å². The van der Waals surface area contributed by atoms with Crippen LogP contribution in [0.2, 0.25) is 0 Å². The lowest BCUT2D eigenvalue weighted by Crippen LogP contribution is -1.76. The second-order valence-electron chi connectivity index (χ2n) is 2.71. The molecule has 0 nitrogen and oxygen atoms in total. The molecule has 3 heteroatoms. The zero-order valence-electron chi connectivity index (χ0n) is 8.40. The Morgan fingerprint density at radius 1 is 1.00 bits per heavy atom. The van der Waals surface area contributed by atoms with Gasteiger partial charge in [0, 0.05) is 6.08 Å². The third-order valence-corrected chi connectivity index (χ3v) is 1.43. The van der Waals surface area contributed by atoms with Gasteiger partial charge in [-0.3, -0.25) is 0 Å². The van der Waals surface area contributed by atoms with E-state index in [-0.39, 0.29) is 12.4 Å². The summed E-state index contributed by atoms with van der Waals surface area (Å²) in [5.41, 5.74) is 0. The van der Waals surface area contributed by atoms with Gasteiger partial charge in [0.05, 0.1) is 6.33 Å². The first-order valence-electron chi connectivity index (χ1n) is 4.74. The molecule has 0 unspecified atom stereocenters. The highest BCUT2D eigenvalue weighted by Crippen LogP contribution is 2.00. The quantitative estimate of drug-likeness (QED) is 0.558. The Morgan fingerprint density at radius 2 is 1.46 bits per heavy atom. The molecule has 0 saturated carbocycles. The van der Waals surface area contributed by atoms with Crippen molar-refractivity contribution >= 4 is 0 Å². The fraction of sp³-hybridized carbons (Fsp3) is 0.800. The van der Waals surface area contributed by atoms with E-state index in [9.17, 15) is 13.2 Å². The van der Waals surface area contributed by atoms with Crippen LogP contribution in [-0.2, 0) is 0 Å². The molecule has 0 aromatic rings. The first-order valence-corrected chi connectivity index (χ1v) is 4.74. The molecule has 0 aromatic heterocycles. The van der Waals surface area contributed by atoms with Gasteiger partial charge in [-0.25, -0.2) is 13.2 Å².